The average Bonchev–Trinajstić information content (AvgIpc) is 3.03. The zero-order valence-corrected chi connectivity index (χ0v) is 15.9. The maximum absolute atomic E-state index is 5.93. The Bertz CT molecular complexity index is 550. The Morgan fingerprint density at radius 3 is 2.84 bits per heavy atom. The second-order valence-electron chi connectivity index (χ2n) is 6.62. The lowest BCUT2D eigenvalue weighted by Gasteiger charge is -2.17. The molecule has 1 aromatic rings. The van der Waals surface area contributed by atoms with Crippen LogP contribution in [0.5, 0.6) is 11.5 Å². The monoisotopic (exact) mass is 348 g/mol. The summed E-state index contributed by atoms with van der Waals surface area (Å²) in [6.07, 6.45) is 1.23. The van der Waals surface area contributed by atoms with E-state index in [2.05, 4.69) is 34.5 Å². The second-order valence-corrected chi connectivity index (χ2v) is 6.62. The van der Waals surface area contributed by atoms with Crippen LogP contribution in [0.1, 0.15) is 20.3 Å². The zero-order valence-electron chi connectivity index (χ0n) is 15.9. The van der Waals surface area contributed by atoms with Crippen LogP contribution in [0.15, 0.2) is 29.3 Å². The summed E-state index contributed by atoms with van der Waals surface area (Å²) in [7, 11) is 3.83. The quantitative estimate of drug-likeness (QED) is 0.556. The van der Waals surface area contributed by atoms with Gasteiger partial charge in [-0.2, -0.15) is 0 Å². The minimum Gasteiger partial charge on any atom is -0.497 e. The van der Waals surface area contributed by atoms with Crippen LogP contribution >= 0.6 is 0 Å². The first-order chi connectivity index (χ1) is 12.1. The molecule has 2 rings (SSSR count). The third kappa shape index (κ3) is 6.82. The molecule has 0 aromatic heterocycles. The lowest BCUT2D eigenvalue weighted by molar-refractivity contribution is 0.229. The minimum absolute atomic E-state index is 0.0137. The number of rotatable bonds is 8. The summed E-state index contributed by atoms with van der Waals surface area (Å²) >= 11 is 0. The van der Waals surface area contributed by atoms with E-state index in [4.69, 9.17) is 9.47 Å². The Labute approximate surface area is 151 Å². The summed E-state index contributed by atoms with van der Waals surface area (Å²) < 4.78 is 11.2. The van der Waals surface area contributed by atoms with E-state index in [1.54, 1.807) is 7.11 Å². The van der Waals surface area contributed by atoms with Crippen molar-refractivity contribution in [2.24, 2.45) is 10.9 Å². The summed E-state index contributed by atoms with van der Waals surface area (Å²) in [6.45, 7) is 8.85. The number of methoxy groups -OCH3 is 1. The molecule has 1 aliphatic rings. The van der Waals surface area contributed by atoms with Crippen LogP contribution in [0, 0.1) is 5.92 Å². The highest BCUT2D eigenvalue weighted by Gasteiger charge is 2.19. The number of ether oxygens (including phenoxy) is 2. The van der Waals surface area contributed by atoms with Gasteiger partial charge in [-0.1, -0.05) is 6.07 Å². The van der Waals surface area contributed by atoms with Crippen molar-refractivity contribution in [1.82, 2.24) is 15.5 Å². The molecule has 1 aromatic carbocycles. The highest BCUT2D eigenvalue weighted by Crippen LogP contribution is 2.20. The Morgan fingerprint density at radius 2 is 2.16 bits per heavy atom. The maximum atomic E-state index is 5.93. The molecule has 2 atom stereocenters. The molecular weight excluding hydrogens is 316 g/mol. The van der Waals surface area contributed by atoms with Crippen molar-refractivity contribution >= 4 is 5.96 Å². The van der Waals surface area contributed by atoms with Gasteiger partial charge in [0.2, 0.25) is 0 Å². The van der Waals surface area contributed by atoms with Gasteiger partial charge >= 0.3 is 0 Å². The zero-order chi connectivity index (χ0) is 18.1. The highest BCUT2D eigenvalue weighted by atomic mass is 16.5. The van der Waals surface area contributed by atoms with E-state index in [9.17, 15) is 0 Å². The maximum Gasteiger partial charge on any atom is 0.191 e. The van der Waals surface area contributed by atoms with E-state index in [-0.39, 0.29) is 6.10 Å². The lowest BCUT2D eigenvalue weighted by Crippen LogP contribution is -2.40. The Kier molecular flexibility index (Phi) is 7.85. The Hall–Kier alpha value is -1.95. The largest absolute Gasteiger partial charge is 0.497 e. The summed E-state index contributed by atoms with van der Waals surface area (Å²) in [5.74, 6) is 3.15. The average molecular weight is 348 g/mol. The first kappa shape index (κ1) is 19.4. The molecule has 0 amide bonds. The van der Waals surface area contributed by atoms with Crippen molar-refractivity contribution in [3.05, 3.63) is 24.3 Å². The van der Waals surface area contributed by atoms with Gasteiger partial charge in [-0.15, -0.1) is 0 Å². The molecular formula is C19H32N4O2. The molecule has 0 aliphatic carbocycles. The smallest absolute Gasteiger partial charge is 0.191 e. The molecule has 1 saturated heterocycles. The number of hydrogen-bond acceptors (Lipinski definition) is 4. The fourth-order valence-electron chi connectivity index (χ4n) is 2.94. The topological polar surface area (TPSA) is 58.1 Å². The number of guanidine groups is 1. The van der Waals surface area contributed by atoms with E-state index < -0.39 is 0 Å². The van der Waals surface area contributed by atoms with E-state index in [1.165, 1.54) is 13.0 Å². The Balaban J connectivity index is 1.81. The van der Waals surface area contributed by atoms with Crippen molar-refractivity contribution in [3.8, 4) is 11.5 Å². The number of hydrogen-bond donors (Lipinski definition) is 2. The van der Waals surface area contributed by atoms with Crippen LogP contribution in [0.2, 0.25) is 0 Å². The first-order valence-electron chi connectivity index (χ1n) is 9.12. The molecule has 25 heavy (non-hydrogen) atoms. The third-order valence-electron chi connectivity index (χ3n) is 4.28. The fourth-order valence-corrected chi connectivity index (χ4v) is 2.94. The van der Waals surface area contributed by atoms with Crippen molar-refractivity contribution in [2.45, 2.75) is 26.4 Å². The SMILES string of the molecule is CCNC(=NCC(C)Oc1cccc(OC)c1)NCC1CCN(C)C1. The highest BCUT2D eigenvalue weighted by molar-refractivity contribution is 5.79. The van der Waals surface area contributed by atoms with E-state index >= 15 is 0 Å². The predicted molar refractivity (Wildman–Crippen MR) is 103 cm³/mol. The molecule has 0 saturated carbocycles. The van der Waals surface area contributed by atoms with Gasteiger partial charge in [-0.25, -0.2) is 4.99 Å². The van der Waals surface area contributed by atoms with Gasteiger partial charge in [-0.05, 0) is 51.9 Å². The molecule has 0 bridgehead atoms. The predicted octanol–water partition coefficient (Wildman–Crippen LogP) is 1.97. The third-order valence-corrected chi connectivity index (χ3v) is 4.28. The van der Waals surface area contributed by atoms with E-state index in [0.717, 1.165) is 37.1 Å². The molecule has 2 unspecified atom stereocenters. The molecule has 6 nitrogen and oxygen atoms in total. The molecule has 1 heterocycles. The molecule has 140 valence electrons. The number of benzene rings is 1. The summed E-state index contributed by atoms with van der Waals surface area (Å²) in [6, 6.07) is 7.65. The molecule has 6 heteroatoms. The molecule has 2 N–H and O–H groups in total. The van der Waals surface area contributed by atoms with Crippen LogP contribution in [-0.2, 0) is 0 Å². The van der Waals surface area contributed by atoms with Gasteiger partial charge in [-0.3, -0.25) is 0 Å². The Morgan fingerprint density at radius 1 is 1.36 bits per heavy atom. The molecule has 1 aliphatic heterocycles. The summed E-state index contributed by atoms with van der Waals surface area (Å²) in [5.41, 5.74) is 0. The standard InChI is InChI=1S/C19H32N4O2/c1-5-20-19(22-13-16-9-10-23(3)14-16)21-12-15(2)25-18-8-6-7-17(11-18)24-4/h6-8,11,15-16H,5,9-10,12-14H2,1-4H3,(H2,20,21,22). The fraction of sp³-hybridized carbons (Fsp3) is 0.632. The van der Waals surface area contributed by atoms with E-state index in [1.807, 2.05) is 31.2 Å². The number of nitrogens with zero attached hydrogens (tertiary/aromatic N) is 2. The normalized spacial score (nSPS) is 19.5. The molecule has 0 radical (unpaired) electrons. The number of aliphatic imine (C=N–C) groups is 1. The van der Waals surface area contributed by atoms with Crippen molar-refractivity contribution in [1.29, 1.82) is 0 Å². The minimum atomic E-state index is -0.0137. The van der Waals surface area contributed by atoms with Gasteiger partial charge in [0.1, 0.15) is 17.6 Å². The molecule has 0 spiro atoms. The van der Waals surface area contributed by atoms with Crippen molar-refractivity contribution in [2.75, 3.05) is 46.9 Å². The van der Waals surface area contributed by atoms with Gasteiger partial charge in [0, 0.05) is 25.7 Å². The van der Waals surface area contributed by atoms with Crippen LogP contribution in [0.4, 0.5) is 0 Å². The van der Waals surface area contributed by atoms with Crippen LogP contribution in [0.3, 0.4) is 0 Å². The van der Waals surface area contributed by atoms with Gasteiger partial charge < -0.3 is 25.0 Å². The number of likely N-dealkylation sites (tertiary alicyclic amines) is 1. The summed E-state index contributed by atoms with van der Waals surface area (Å²) in [5, 5.41) is 6.76. The van der Waals surface area contributed by atoms with Crippen LogP contribution in [0.25, 0.3) is 0 Å². The van der Waals surface area contributed by atoms with Crippen molar-refractivity contribution in [3.63, 3.8) is 0 Å². The van der Waals surface area contributed by atoms with Crippen LogP contribution in [-0.4, -0.2) is 63.8 Å². The lowest BCUT2D eigenvalue weighted by atomic mass is 10.1. The van der Waals surface area contributed by atoms with E-state index in [0.29, 0.717) is 12.5 Å². The van der Waals surface area contributed by atoms with Crippen molar-refractivity contribution < 1.29 is 9.47 Å². The molecule has 1 fully saturated rings. The number of nitrogens with one attached hydrogen (secondary N) is 2. The van der Waals surface area contributed by atoms with Gasteiger partial charge in [0.25, 0.3) is 0 Å². The summed E-state index contributed by atoms with van der Waals surface area (Å²) in [4.78, 5) is 7.03. The van der Waals surface area contributed by atoms with Gasteiger partial charge in [0.15, 0.2) is 5.96 Å². The first-order valence-corrected chi connectivity index (χ1v) is 9.12. The second kappa shape index (κ2) is 10.1. The van der Waals surface area contributed by atoms with Crippen LogP contribution < -0.4 is 20.1 Å². The van der Waals surface area contributed by atoms with Gasteiger partial charge in [0.05, 0.1) is 13.7 Å².